The molecular weight excluding hydrogens is 478 g/mol. The lowest BCUT2D eigenvalue weighted by Crippen LogP contribution is -2.16. The number of methoxy groups -OCH3 is 1. The zero-order valence-electron chi connectivity index (χ0n) is 20.7. The van der Waals surface area contributed by atoms with Crippen LogP contribution in [0.15, 0.2) is 59.2 Å². The first-order valence-electron chi connectivity index (χ1n) is 11.5. The van der Waals surface area contributed by atoms with Crippen molar-refractivity contribution in [2.45, 2.75) is 33.6 Å². The predicted molar refractivity (Wildman–Crippen MR) is 142 cm³/mol. The Morgan fingerprint density at radius 2 is 1.83 bits per heavy atom. The lowest BCUT2D eigenvalue weighted by Gasteiger charge is -2.16. The van der Waals surface area contributed by atoms with E-state index in [0.717, 1.165) is 16.8 Å². The number of rotatable bonds is 8. The molecule has 3 aromatic rings. The first-order chi connectivity index (χ1) is 17.0. The minimum absolute atomic E-state index is 0.0260. The number of halogens is 1. The van der Waals surface area contributed by atoms with Gasteiger partial charge in [0.05, 0.1) is 29.8 Å². The van der Waals surface area contributed by atoms with Gasteiger partial charge in [-0.1, -0.05) is 38.4 Å². The van der Waals surface area contributed by atoms with Gasteiger partial charge in [-0.05, 0) is 41.5 Å². The van der Waals surface area contributed by atoms with Crippen molar-refractivity contribution >= 4 is 39.9 Å². The van der Waals surface area contributed by atoms with Crippen LogP contribution in [0.2, 0.25) is 5.02 Å². The zero-order valence-corrected chi connectivity index (χ0v) is 21.5. The van der Waals surface area contributed by atoms with E-state index in [1.165, 1.54) is 7.11 Å². The highest BCUT2D eigenvalue weighted by Crippen LogP contribution is 2.36. The molecule has 186 valence electrons. The molecule has 0 radical (unpaired) electrons. The summed E-state index contributed by atoms with van der Waals surface area (Å²) in [6, 6.07) is 10.2. The predicted octanol–water partition coefficient (Wildman–Crippen LogP) is 5.72. The molecule has 0 saturated heterocycles. The molecule has 0 aliphatic carbocycles. The first kappa shape index (κ1) is 25.4. The number of pyridine rings is 1. The van der Waals surface area contributed by atoms with E-state index in [4.69, 9.17) is 26.8 Å². The molecule has 0 unspecified atom stereocenters. The molecule has 0 spiro atoms. The quantitative estimate of drug-likeness (QED) is 0.422. The van der Waals surface area contributed by atoms with Crippen LogP contribution in [0.1, 0.15) is 43.1 Å². The van der Waals surface area contributed by atoms with E-state index in [2.05, 4.69) is 30.7 Å². The number of aliphatic imine (C=N–C) groups is 1. The van der Waals surface area contributed by atoms with Gasteiger partial charge < -0.3 is 15.2 Å². The van der Waals surface area contributed by atoms with Crippen molar-refractivity contribution < 1.29 is 19.1 Å². The lowest BCUT2D eigenvalue weighted by molar-refractivity contribution is -0.117. The number of allylic oxidation sites excluding steroid dienone is 1. The number of carbonyl (C=O) groups excluding carboxylic acids is 2. The van der Waals surface area contributed by atoms with Crippen LogP contribution < -0.4 is 15.2 Å². The van der Waals surface area contributed by atoms with Gasteiger partial charge in [-0.3, -0.25) is 19.6 Å². The van der Waals surface area contributed by atoms with Crippen LogP contribution in [0.25, 0.3) is 10.9 Å². The number of Topliss-reactive ketones (excluding diaryl/α,β-unsaturated/α-hetero) is 1. The molecule has 7 nitrogen and oxygen atoms in total. The summed E-state index contributed by atoms with van der Waals surface area (Å²) in [6.07, 6.45) is 4.27. The summed E-state index contributed by atoms with van der Waals surface area (Å²) in [5, 5.41) is 0.955. The van der Waals surface area contributed by atoms with Crippen molar-refractivity contribution in [3.8, 4) is 17.2 Å². The number of hydrogen-bond donors (Lipinski definition) is 1. The highest BCUT2D eigenvalue weighted by Gasteiger charge is 2.22. The minimum Gasteiger partial charge on any atom is -0.496 e. The number of ketones is 1. The third-order valence-corrected chi connectivity index (χ3v) is 6.19. The Hall–Kier alpha value is -3.71. The van der Waals surface area contributed by atoms with Crippen molar-refractivity contribution in [1.29, 1.82) is 0 Å². The van der Waals surface area contributed by atoms with E-state index < -0.39 is 5.91 Å². The second kappa shape index (κ2) is 10.1. The number of benzene rings is 2. The highest BCUT2D eigenvalue weighted by atomic mass is 35.5. The number of amides is 1. The summed E-state index contributed by atoms with van der Waals surface area (Å²) in [7, 11) is 1.46. The molecule has 0 saturated carbocycles. The Morgan fingerprint density at radius 3 is 2.47 bits per heavy atom. The summed E-state index contributed by atoms with van der Waals surface area (Å²) < 4.78 is 11.3. The number of nitrogens with zero attached hydrogens (tertiary/aromatic N) is 2. The maximum Gasteiger partial charge on any atom is 0.252 e. The molecule has 2 aromatic carbocycles. The monoisotopic (exact) mass is 505 g/mol. The molecule has 8 heteroatoms. The third kappa shape index (κ3) is 5.57. The van der Waals surface area contributed by atoms with E-state index >= 15 is 0 Å². The first-order valence-corrected chi connectivity index (χ1v) is 11.9. The number of fused-ring (bicyclic) bond motifs is 1. The molecule has 4 rings (SSSR count). The molecule has 2 heterocycles. The standard InChI is InChI=1S/C28H28ClN3O4/c1-28(2,3)26-12-17(15-32-26)10-18(33)9-16-5-6-24(21(29)11-16)36-23-7-8-31-22-14-25(35-4)20(27(30)34)13-19(22)23/h5-8,11-14H,9-10,15H2,1-4H3,(H2,30,34). The normalized spacial score (nSPS) is 13.4. The van der Waals surface area contributed by atoms with Gasteiger partial charge in [0.2, 0.25) is 0 Å². The molecule has 2 N–H and O–H groups in total. The number of primary amides is 1. The van der Waals surface area contributed by atoms with Crippen LogP contribution in [0, 0.1) is 5.41 Å². The summed E-state index contributed by atoms with van der Waals surface area (Å²) >= 11 is 6.51. The number of ether oxygens (including phenoxy) is 2. The zero-order chi connectivity index (χ0) is 26.0. The highest BCUT2D eigenvalue weighted by molar-refractivity contribution is 6.32. The van der Waals surface area contributed by atoms with E-state index in [0.29, 0.717) is 46.1 Å². The molecule has 0 bridgehead atoms. The van der Waals surface area contributed by atoms with E-state index in [1.807, 2.05) is 12.1 Å². The van der Waals surface area contributed by atoms with Gasteiger partial charge in [-0.25, -0.2) is 0 Å². The molecule has 1 aromatic heterocycles. The maximum atomic E-state index is 12.7. The Kier molecular flexibility index (Phi) is 7.13. The van der Waals surface area contributed by atoms with Crippen molar-refractivity contribution in [1.82, 2.24) is 4.98 Å². The summed E-state index contributed by atoms with van der Waals surface area (Å²) in [4.78, 5) is 33.4. The van der Waals surface area contributed by atoms with Crippen LogP contribution in [0.4, 0.5) is 0 Å². The van der Waals surface area contributed by atoms with Crippen LogP contribution in [0.5, 0.6) is 17.2 Å². The van der Waals surface area contributed by atoms with Gasteiger partial charge in [0.25, 0.3) is 5.91 Å². The Labute approximate surface area is 215 Å². The van der Waals surface area contributed by atoms with Gasteiger partial charge in [0, 0.05) is 41.6 Å². The van der Waals surface area contributed by atoms with Crippen molar-refractivity contribution in [3.05, 3.63) is 70.4 Å². The van der Waals surface area contributed by atoms with Gasteiger partial charge in [-0.15, -0.1) is 0 Å². The summed E-state index contributed by atoms with van der Waals surface area (Å²) in [6.45, 7) is 6.91. The molecule has 36 heavy (non-hydrogen) atoms. The van der Waals surface area contributed by atoms with Gasteiger partial charge in [-0.2, -0.15) is 0 Å². The fraction of sp³-hybridized carbons (Fsp3) is 0.286. The van der Waals surface area contributed by atoms with Gasteiger partial charge >= 0.3 is 0 Å². The molecule has 1 amide bonds. The summed E-state index contributed by atoms with van der Waals surface area (Å²) in [5.41, 5.74) is 9.14. The number of aromatic nitrogens is 1. The van der Waals surface area contributed by atoms with Crippen LogP contribution in [-0.2, 0) is 11.2 Å². The Bertz CT molecular complexity index is 1420. The third-order valence-electron chi connectivity index (χ3n) is 5.89. The largest absolute Gasteiger partial charge is 0.496 e. The minimum atomic E-state index is -0.620. The molecule has 0 atom stereocenters. The van der Waals surface area contributed by atoms with Gasteiger partial charge in [0.15, 0.2) is 0 Å². The fourth-order valence-corrected chi connectivity index (χ4v) is 4.27. The van der Waals surface area contributed by atoms with Crippen LogP contribution in [-0.4, -0.2) is 36.0 Å². The average molecular weight is 506 g/mol. The van der Waals surface area contributed by atoms with Gasteiger partial charge in [0.1, 0.15) is 23.0 Å². The van der Waals surface area contributed by atoms with E-state index in [-0.39, 0.29) is 23.2 Å². The lowest BCUT2D eigenvalue weighted by atomic mass is 9.89. The van der Waals surface area contributed by atoms with Crippen LogP contribution in [0.3, 0.4) is 0 Å². The molecular formula is C28H28ClN3O4. The Balaban J connectivity index is 1.50. The topological polar surface area (TPSA) is 104 Å². The number of nitrogens with two attached hydrogens (primary N) is 1. The molecule has 1 aliphatic heterocycles. The average Bonchev–Trinajstić information content (AvgIpc) is 3.29. The Morgan fingerprint density at radius 1 is 1.06 bits per heavy atom. The van der Waals surface area contributed by atoms with E-state index in [1.54, 1.807) is 36.5 Å². The maximum absolute atomic E-state index is 12.7. The SMILES string of the molecule is COc1cc2nccc(Oc3ccc(CC(=O)CC4=CC(C(C)(C)C)=NC4)cc3Cl)c2cc1C(N)=O. The fourth-order valence-electron chi connectivity index (χ4n) is 4.03. The van der Waals surface area contributed by atoms with Crippen molar-refractivity contribution in [2.75, 3.05) is 13.7 Å². The number of carbonyl (C=O) groups is 2. The number of hydrogen-bond acceptors (Lipinski definition) is 6. The second-order valence-electron chi connectivity index (χ2n) is 9.76. The second-order valence-corrected chi connectivity index (χ2v) is 10.2. The molecule has 0 fully saturated rings. The smallest absolute Gasteiger partial charge is 0.252 e. The molecule has 1 aliphatic rings. The van der Waals surface area contributed by atoms with Crippen LogP contribution >= 0.6 is 11.6 Å². The summed E-state index contributed by atoms with van der Waals surface area (Å²) in [5.74, 6) is 0.688. The van der Waals surface area contributed by atoms with E-state index in [9.17, 15) is 9.59 Å². The van der Waals surface area contributed by atoms with Crippen molar-refractivity contribution in [2.24, 2.45) is 16.1 Å². The van der Waals surface area contributed by atoms with Crippen molar-refractivity contribution in [3.63, 3.8) is 0 Å².